The average Bonchev–Trinajstić information content (AvgIpc) is 3.45. The minimum atomic E-state index is -0.0402. The van der Waals surface area contributed by atoms with Crippen LogP contribution in [0.25, 0.3) is 10.9 Å². The summed E-state index contributed by atoms with van der Waals surface area (Å²) in [5, 5.41) is 15.1. The smallest absolute Gasteiger partial charge is 0.222 e. The second kappa shape index (κ2) is 14.3. The summed E-state index contributed by atoms with van der Waals surface area (Å²) < 4.78 is 0. The van der Waals surface area contributed by atoms with Gasteiger partial charge in [-0.25, -0.2) is 0 Å². The molecule has 232 valence electrons. The highest BCUT2D eigenvalue weighted by Crippen LogP contribution is 2.32. The molecular weight excluding hydrogens is 564 g/mol. The van der Waals surface area contributed by atoms with Crippen molar-refractivity contribution in [3.05, 3.63) is 57.7 Å². The van der Waals surface area contributed by atoms with Crippen LogP contribution in [0.1, 0.15) is 69.2 Å². The number of likely N-dealkylation sites (tertiary alicyclic amines) is 1. The first-order chi connectivity index (χ1) is 20.5. The monoisotopic (exact) mass is 608 g/mol. The maximum atomic E-state index is 13.4. The van der Waals surface area contributed by atoms with Gasteiger partial charge in [0.05, 0.1) is 16.7 Å². The molecule has 1 aliphatic heterocycles. The Kier molecular flexibility index (Phi) is 10.7. The Morgan fingerprint density at radius 3 is 2.65 bits per heavy atom. The topological polar surface area (TPSA) is 110 Å². The van der Waals surface area contributed by atoms with Crippen LogP contribution in [-0.4, -0.2) is 64.4 Å². The molecule has 3 amide bonds. The molecule has 0 bridgehead atoms. The highest BCUT2D eigenvalue weighted by molar-refractivity contribution is 6.35. The number of piperidine rings is 1. The van der Waals surface area contributed by atoms with E-state index < -0.39 is 0 Å². The molecule has 2 heterocycles. The zero-order valence-corrected chi connectivity index (χ0v) is 26.8. The summed E-state index contributed by atoms with van der Waals surface area (Å²) in [6.45, 7) is 13.5. The molecule has 2 aromatic carbocycles. The molecule has 1 saturated heterocycles. The number of aromatic amines is 1. The molecule has 0 aliphatic carbocycles. The number of aryl methyl sites for hydroxylation is 1. The zero-order chi connectivity index (χ0) is 31.1. The lowest BCUT2D eigenvalue weighted by atomic mass is 9.91. The molecule has 1 aromatic heterocycles. The predicted molar refractivity (Wildman–Crippen MR) is 172 cm³/mol. The molecule has 43 heavy (non-hydrogen) atoms. The second-order valence-electron chi connectivity index (χ2n) is 13.1. The number of halogens is 1. The van der Waals surface area contributed by atoms with E-state index in [1.165, 1.54) is 0 Å². The molecular formula is C33H45ClN6O3. The Morgan fingerprint density at radius 1 is 1.23 bits per heavy atom. The fourth-order valence-corrected chi connectivity index (χ4v) is 6.36. The van der Waals surface area contributed by atoms with Crippen molar-refractivity contribution in [2.24, 2.45) is 11.3 Å². The summed E-state index contributed by atoms with van der Waals surface area (Å²) in [6, 6.07) is 8.31. The molecule has 9 nitrogen and oxygen atoms in total. The number of amides is 3. The van der Waals surface area contributed by atoms with Gasteiger partial charge in [-0.3, -0.25) is 19.5 Å². The molecule has 10 heteroatoms. The van der Waals surface area contributed by atoms with Crippen LogP contribution >= 0.6 is 11.6 Å². The number of carbonyl (C=O) groups is 3. The van der Waals surface area contributed by atoms with Gasteiger partial charge in [0.1, 0.15) is 0 Å². The van der Waals surface area contributed by atoms with E-state index in [4.69, 9.17) is 11.6 Å². The number of fused-ring (bicyclic) bond motifs is 1. The molecule has 0 unspecified atom stereocenters. The van der Waals surface area contributed by atoms with Crippen molar-refractivity contribution in [3.8, 4) is 0 Å². The van der Waals surface area contributed by atoms with Crippen molar-refractivity contribution >= 4 is 46.9 Å². The normalized spacial score (nSPS) is 14.9. The van der Waals surface area contributed by atoms with Crippen LogP contribution in [0.15, 0.2) is 30.5 Å². The van der Waals surface area contributed by atoms with E-state index in [1.807, 2.05) is 23.1 Å². The van der Waals surface area contributed by atoms with Crippen molar-refractivity contribution in [3.63, 3.8) is 0 Å². The van der Waals surface area contributed by atoms with Crippen LogP contribution < -0.4 is 10.6 Å². The van der Waals surface area contributed by atoms with E-state index in [0.717, 1.165) is 64.5 Å². The van der Waals surface area contributed by atoms with Crippen molar-refractivity contribution in [1.82, 2.24) is 25.3 Å². The fraction of sp³-hybridized carbons (Fsp3) is 0.515. The van der Waals surface area contributed by atoms with E-state index in [2.05, 4.69) is 61.5 Å². The fourth-order valence-electron chi connectivity index (χ4n) is 6.08. The number of H-pyrrole nitrogens is 1. The first kappa shape index (κ1) is 32.3. The summed E-state index contributed by atoms with van der Waals surface area (Å²) in [5.74, 6) is 0.256. The number of anilines is 1. The highest BCUT2D eigenvalue weighted by atomic mass is 35.5. The Bertz CT molecular complexity index is 1420. The molecule has 1 atom stereocenters. The summed E-state index contributed by atoms with van der Waals surface area (Å²) >= 11 is 6.63. The minimum Gasteiger partial charge on any atom is -0.382 e. The highest BCUT2D eigenvalue weighted by Gasteiger charge is 2.26. The molecule has 3 N–H and O–H groups in total. The molecule has 1 aliphatic rings. The quantitative estimate of drug-likeness (QED) is 0.224. The number of aromatic nitrogens is 2. The van der Waals surface area contributed by atoms with Crippen LogP contribution in [0.2, 0.25) is 5.02 Å². The minimum absolute atomic E-state index is 0.0402. The number of rotatable bonds is 13. The van der Waals surface area contributed by atoms with Gasteiger partial charge in [-0.05, 0) is 65.8 Å². The van der Waals surface area contributed by atoms with Gasteiger partial charge in [0.15, 0.2) is 0 Å². The molecule has 4 rings (SSSR count). The first-order valence-corrected chi connectivity index (χ1v) is 15.5. The number of carbonyl (C=O) groups excluding carboxylic acids is 3. The summed E-state index contributed by atoms with van der Waals surface area (Å²) in [6.07, 6.45) is 6.23. The van der Waals surface area contributed by atoms with Gasteiger partial charge >= 0.3 is 0 Å². The third kappa shape index (κ3) is 8.50. The lowest BCUT2D eigenvalue weighted by Crippen LogP contribution is -2.43. The Hall–Kier alpha value is -3.59. The molecule has 3 aromatic rings. The van der Waals surface area contributed by atoms with E-state index in [1.54, 1.807) is 11.1 Å². The van der Waals surface area contributed by atoms with E-state index >= 15 is 0 Å². The second-order valence-corrected chi connectivity index (χ2v) is 13.6. The van der Waals surface area contributed by atoms with Gasteiger partial charge < -0.3 is 20.4 Å². The third-order valence-electron chi connectivity index (χ3n) is 8.10. The zero-order valence-electron chi connectivity index (χ0n) is 26.0. The van der Waals surface area contributed by atoms with Gasteiger partial charge in [-0.15, -0.1) is 0 Å². The Balaban J connectivity index is 1.38. The number of benzene rings is 2. The van der Waals surface area contributed by atoms with E-state index in [0.29, 0.717) is 50.6 Å². The largest absolute Gasteiger partial charge is 0.382 e. The van der Waals surface area contributed by atoms with Crippen LogP contribution in [0.5, 0.6) is 0 Å². The summed E-state index contributed by atoms with van der Waals surface area (Å²) in [5.41, 5.74) is 6.05. The summed E-state index contributed by atoms with van der Waals surface area (Å²) in [4.78, 5) is 39.9. The standard InChI is InChI=1S/C33H45ClN6O3/c1-22(13-25-15-29(34)32-27(17-36-38-32)28(25)18-39(21-42)19-33(3,4)5)14-30(43)40-11-9-26(10-12-40)37-31-23(2)7-6-8-24(31)16-35-20-41/h6-8,15,17,20-22,26,37H,9-14,16,18-19H2,1-5H3,(H,35,41)(H,36,38)/t22-/m0/s1. The third-order valence-corrected chi connectivity index (χ3v) is 8.40. The van der Waals surface area contributed by atoms with Crippen molar-refractivity contribution in [1.29, 1.82) is 0 Å². The Morgan fingerprint density at radius 2 is 1.98 bits per heavy atom. The van der Waals surface area contributed by atoms with Crippen LogP contribution in [0.3, 0.4) is 0 Å². The average molecular weight is 609 g/mol. The lowest BCUT2D eigenvalue weighted by molar-refractivity contribution is -0.133. The van der Waals surface area contributed by atoms with Gasteiger partial charge in [-0.2, -0.15) is 5.10 Å². The van der Waals surface area contributed by atoms with Crippen molar-refractivity contribution in [2.75, 3.05) is 25.0 Å². The lowest BCUT2D eigenvalue weighted by Gasteiger charge is -2.34. The molecule has 0 radical (unpaired) electrons. The number of hydrogen-bond acceptors (Lipinski definition) is 5. The van der Waals surface area contributed by atoms with Gasteiger partial charge in [0, 0.05) is 56.3 Å². The predicted octanol–water partition coefficient (Wildman–Crippen LogP) is 5.45. The number of nitrogens with zero attached hydrogens (tertiary/aromatic N) is 3. The summed E-state index contributed by atoms with van der Waals surface area (Å²) in [7, 11) is 0. The first-order valence-electron chi connectivity index (χ1n) is 15.1. The molecule has 0 saturated carbocycles. The van der Waals surface area contributed by atoms with Crippen LogP contribution in [-0.2, 0) is 33.9 Å². The van der Waals surface area contributed by atoms with E-state index in [-0.39, 0.29) is 23.3 Å². The maximum absolute atomic E-state index is 13.4. The SMILES string of the molecule is Cc1cccc(CNC=O)c1NC1CCN(C(=O)C[C@@H](C)Cc2cc(Cl)c3[nH]ncc3c2CN(C=O)CC(C)(C)C)CC1. The Labute approximate surface area is 259 Å². The molecule has 0 spiro atoms. The maximum Gasteiger partial charge on any atom is 0.222 e. The number of hydrogen-bond donors (Lipinski definition) is 3. The van der Waals surface area contributed by atoms with Gasteiger partial charge in [0.25, 0.3) is 0 Å². The molecule has 1 fully saturated rings. The van der Waals surface area contributed by atoms with Gasteiger partial charge in [-0.1, -0.05) is 57.5 Å². The number of para-hydroxylation sites is 1. The van der Waals surface area contributed by atoms with Crippen molar-refractivity contribution < 1.29 is 14.4 Å². The van der Waals surface area contributed by atoms with E-state index in [9.17, 15) is 14.4 Å². The van der Waals surface area contributed by atoms with Gasteiger partial charge in [0.2, 0.25) is 18.7 Å². The number of nitrogens with one attached hydrogen (secondary N) is 3. The van der Waals surface area contributed by atoms with Crippen molar-refractivity contribution in [2.45, 2.75) is 79.4 Å². The van der Waals surface area contributed by atoms with Crippen LogP contribution in [0.4, 0.5) is 5.69 Å². The van der Waals surface area contributed by atoms with Crippen LogP contribution in [0, 0.1) is 18.3 Å².